The normalized spacial score (nSPS) is 18.4. The van der Waals surface area contributed by atoms with Crippen LogP contribution >= 0.6 is 0 Å². The minimum absolute atomic E-state index is 0.00707. The van der Waals surface area contributed by atoms with Crippen molar-refractivity contribution >= 4 is 29.5 Å². The van der Waals surface area contributed by atoms with Crippen LogP contribution in [0, 0.1) is 0 Å². The number of aryl methyl sites for hydroxylation is 1. The molecule has 0 spiro atoms. The van der Waals surface area contributed by atoms with Crippen LogP contribution in [0.15, 0.2) is 72.8 Å². The highest BCUT2D eigenvalue weighted by Gasteiger charge is 2.31. The summed E-state index contributed by atoms with van der Waals surface area (Å²) in [6, 6.07) is 19.3. The fraction of sp³-hybridized carbons (Fsp3) is 0.410. The highest BCUT2D eigenvalue weighted by Crippen LogP contribution is 2.28. The van der Waals surface area contributed by atoms with Gasteiger partial charge in [-0.25, -0.2) is 0 Å². The van der Waals surface area contributed by atoms with Crippen LogP contribution in [0.5, 0.6) is 17.2 Å². The van der Waals surface area contributed by atoms with Gasteiger partial charge in [-0.3, -0.25) is 24.0 Å². The molecule has 278 valence electrons. The number of carbonyl (C=O) groups excluding carboxylic acids is 5. The smallest absolute Gasteiger partial charge is 0.255 e. The fourth-order valence-electron chi connectivity index (χ4n) is 5.95. The quantitative estimate of drug-likeness (QED) is 0.195. The highest BCUT2D eigenvalue weighted by atomic mass is 16.5. The van der Waals surface area contributed by atoms with Crippen LogP contribution in [-0.4, -0.2) is 86.5 Å². The summed E-state index contributed by atoms with van der Waals surface area (Å²) < 4.78 is 17.2. The first kappa shape index (κ1) is 39.2. The number of fused-ring (bicyclic) bond motifs is 1. The third kappa shape index (κ3) is 11.5. The largest absolute Gasteiger partial charge is 0.493 e. The van der Waals surface area contributed by atoms with Crippen LogP contribution in [0.3, 0.4) is 0 Å². The number of likely N-dealkylation sites (N-methyl/N-ethyl adjacent to an activating group) is 1. The molecule has 0 aliphatic carbocycles. The number of nitrogens with two attached hydrogens (primary N) is 1. The van der Waals surface area contributed by atoms with Gasteiger partial charge in [-0.1, -0.05) is 48.5 Å². The van der Waals surface area contributed by atoms with Gasteiger partial charge in [0.15, 0.2) is 11.5 Å². The molecule has 1 heterocycles. The summed E-state index contributed by atoms with van der Waals surface area (Å²) in [5, 5.41) is 8.42. The van der Waals surface area contributed by atoms with Crippen LogP contribution in [-0.2, 0) is 32.0 Å². The van der Waals surface area contributed by atoms with Crippen molar-refractivity contribution in [2.45, 2.75) is 70.0 Å². The predicted molar refractivity (Wildman–Crippen MR) is 195 cm³/mol. The molecule has 5 N–H and O–H groups in total. The minimum Gasteiger partial charge on any atom is -0.493 e. The molecule has 0 radical (unpaired) electrons. The van der Waals surface area contributed by atoms with Crippen molar-refractivity contribution < 1.29 is 38.2 Å². The second kappa shape index (κ2) is 19.7. The van der Waals surface area contributed by atoms with Crippen LogP contribution in [0.4, 0.5) is 0 Å². The molecular weight excluding hydrogens is 666 g/mol. The number of para-hydroxylation sites is 1. The minimum atomic E-state index is -1.07. The Balaban J connectivity index is 1.53. The lowest BCUT2D eigenvalue weighted by atomic mass is 10.0. The summed E-state index contributed by atoms with van der Waals surface area (Å²) in [5.41, 5.74) is 7.57. The summed E-state index contributed by atoms with van der Waals surface area (Å²) in [7, 11) is 3.20. The molecule has 3 atom stereocenters. The second-order valence-electron chi connectivity index (χ2n) is 12.6. The number of hydrogen-bond donors (Lipinski definition) is 4. The summed E-state index contributed by atoms with van der Waals surface area (Å²) in [4.78, 5) is 67.6. The predicted octanol–water partition coefficient (Wildman–Crippen LogP) is 2.93. The molecular formula is C39H49N5O8. The van der Waals surface area contributed by atoms with E-state index in [1.807, 2.05) is 55.5 Å². The Bertz CT molecular complexity index is 1680. The van der Waals surface area contributed by atoms with E-state index in [0.717, 1.165) is 11.1 Å². The van der Waals surface area contributed by atoms with E-state index in [0.29, 0.717) is 43.9 Å². The van der Waals surface area contributed by atoms with Crippen LogP contribution in [0.25, 0.3) is 0 Å². The number of carbonyl (C=O) groups is 5. The maximum atomic E-state index is 13.9. The van der Waals surface area contributed by atoms with E-state index >= 15 is 0 Å². The van der Waals surface area contributed by atoms with E-state index < -0.39 is 47.7 Å². The molecule has 0 aromatic heterocycles. The zero-order valence-corrected chi connectivity index (χ0v) is 30.0. The molecule has 0 bridgehead atoms. The molecule has 0 saturated carbocycles. The van der Waals surface area contributed by atoms with Crippen LogP contribution in [0.2, 0.25) is 0 Å². The Hall–Kier alpha value is -5.59. The lowest BCUT2D eigenvalue weighted by Crippen LogP contribution is -2.52. The Morgan fingerprint density at radius 3 is 2.46 bits per heavy atom. The summed E-state index contributed by atoms with van der Waals surface area (Å²) in [6.07, 6.45) is 1.30. The molecule has 1 aliphatic rings. The van der Waals surface area contributed by atoms with Crippen LogP contribution in [0.1, 0.15) is 60.5 Å². The average Bonchev–Trinajstić information content (AvgIpc) is 3.15. The van der Waals surface area contributed by atoms with Gasteiger partial charge in [-0.2, -0.15) is 0 Å². The van der Waals surface area contributed by atoms with Gasteiger partial charge in [0.25, 0.3) is 5.91 Å². The van der Waals surface area contributed by atoms with E-state index in [9.17, 15) is 24.0 Å². The topological polar surface area (TPSA) is 178 Å². The fourth-order valence-corrected chi connectivity index (χ4v) is 5.95. The average molecular weight is 716 g/mol. The van der Waals surface area contributed by atoms with Crippen molar-refractivity contribution in [1.82, 2.24) is 20.9 Å². The summed E-state index contributed by atoms with van der Waals surface area (Å²) in [5.74, 6) is -0.995. The van der Waals surface area contributed by atoms with Crippen molar-refractivity contribution in [3.8, 4) is 17.2 Å². The second-order valence-corrected chi connectivity index (χ2v) is 12.6. The standard InChI is InChI=1S/C39H49N5O8/c1-4-51-33-19-16-27(24-34(33)50-3)13-10-22-41-38(48)30-18-21-36(46)42-31(17-20-35(40)45)39(49)44(2)28(23-26-11-6-5-7-12-26)25-52-32-15-9-8-14-29(32)37(47)43-30/h5-9,11-12,14-16,19,24,28,30-31H,4,10,13,17-18,20-23,25H2,1-3H3,(H2,40,45)(H,41,48)(H,42,46)(H,43,47)/t28-,30+,31+/m1/s1. The van der Waals surface area contributed by atoms with Gasteiger partial charge in [0.1, 0.15) is 24.4 Å². The first-order valence-electron chi connectivity index (χ1n) is 17.6. The molecule has 5 amide bonds. The van der Waals surface area contributed by atoms with E-state index in [4.69, 9.17) is 19.9 Å². The van der Waals surface area contributed by atoms with Gasteiger partial charge in [-0.15, -0.1) is 0 Å². The number of nitrogens with zero attached hydrogens (tertiary/aromatic N) is 1. The van der Waals surface area contributed by atoms with Gasteiger partial charge < -0.3 is 40.8 Å². The number of methoxy groups -OCH3 is 1. The zero-order valence-electron chi connectivity index (χ0n) is 30.0. The molecule has 0 saturated heterocycles. The number of primary amides is 1. The van der Waals surface area contributed by atoms with Crippen molar-refractivity contribution in [3.05, 3.63) is 89.5 Å². The highest BCUT2D eigenvalue weighted by molar-refractivity contribution is 6.00. The third-order valence-corrected chi connectivity index (χ3v) is 8.84. The van der Waals surface area contributed by atoms with Gasteiger partial charge in [0.2, 0.25) is 23.6 Å². The Morgan fingerprint density at radius 1 is 0.981 bits per heavy atom. The third-order valence-electron chi connectivity index (χ3n) is 8.84. The molecule has 13 nitrogen and oxygen atoms in total. The van der Waals surface area contributed by atoms with E-state index in [-0.39, 0.29) is 43.6 Å². The molecule has 0 unspecified atom stereocenters. The zero-order chi connectivity index (χ0) is 37.5. The summed E-state index contributed by atoms with van der Waals surface area (Å²) >= 11 is 0. The first-order valence-corrected chi connectivity index (χ1v) is 17.6. The van der Waals surface area contributed by atoms with Crippen molar-refractivity contribution in [3.63, 3.8) is 0 Å². The Morgan fingerprint density at radius 2 is 1.73 bits per heavy atom. The van der Waals surface area contributed by atoms with Crippen molar-refractivity contribution in [1.29, 1.82) is 0 Å². The number of hydrogen-bond acceptors (Lipinski definition) is 8. The number of rotatable bonds is 13. The van der Waals surface area contributed by atoms with Gasteiger partial charge in [0.05, 0.1) is 25.3 Å². The van der Waals surface area contributed by atoms with E-state index in [1.165, 1.54) is 4.90 Å². The monoisotopic (exact) mass is 715 g/mol. The molecule has 52 heavy (non-hydrogen) atoms. The SMILES string of the molecule is CCOc1ccc(CCCNC(=O)[C@@H]2CCC(=O)N[C@@H](CCC(N)=O)C(=O)N(C)[C@H](Cc3ccccc3)COc3ccccc3C(=O)N2)cc1OC. The molecule has 4 rings (SSSR count). The first-order chi connectivity index (χ1) is 25.1. The van der Waals surface area contributed by atoms with Gasteiger partial charge in [-0.05, 0) is 74.4 Å². The maximum Gasteiger partial charge on any atom is 0.255 e. The van der Waals surface area contributed by atoms with Crippen molar-refractivity contribution in [2.24, 2.45) is 5.73 Å². The number of ether oxygens (including phenoxy) is 3. The maximum absolute atomic E-state index is 13.9. The molecule has 3 aromatic rings. The van der Waals surface area contributed by atoms with Crippen LogP contribution < -0.4 is 35.9 Å². The van der Waals surface area contributed by atoms with Gasteiger partial charge in [0, 0.05) is 26.4 Å². The molecule has 1 aliphatic heterocycles. The number of benzene rings is 3. The Labute approximate surface area is 304 Å². The molecule has 0 fully saturated rings. The summed E-state index contributed by atoms with van der Waals surface area (Å²) in [6.45, 7) is 2.74. The van der Waals surface area contributed by atoms with Crippen molar-refractivity contribution in [2.75, 3.05) is 33.9 Å². The number of amides is 5. The molecule has 13 heteroatoms. The Kier molecular flexibility index (Phi) is 14.9. The lowest BCUT2D eigenvalue weighted by Gasteiger charge is -2.32. The van der Waals surface area contributed by atoms with E-state index in [1.54, 1.807) is 38.4 Å². The number of nitrogens with one attached hydrogen (secondary N) is 3. The lowest BCUT2D eigenvalue weighted by molar-refractivity contribution is -0.138. The van der Waals surface area contributed by atoms with E-state index in [2.05, 4.69) is 16.0 Å². The molecule has 3 aromatic carbocycles. The van der Waals surface area contributed by atoms with Gasteiger partial charge >= 0.3 is 0 Å².